The molecule has 2 N–H and O–H groups in total. The number of aryl methyl sites for hydroxylation is 1. The maximum atomic E-state index is 4.68. The minimum absolute atomic E-state index is 0.113. The molecular weight excluding hydrogens is 264 g/mol. The molecule has 2 aromatic rings. The van der Waals surface area contributed by atoms with Crippen LogP contribution in [0, 0.1) is 6.92 Å². The molecule has 0 atom stereocenters. The van der Waals surface area contributed by atoms with Gasteiger partial charge >= 0.3 is 0 Å². The molecule has 6 heteroatoms. The van der Waals surface area contributed by atoms with Crippen LogP contribution in [-0.4, -0.2) is 26.3 Å². The van der Waals surface area contributed by atoms with Gasteiger partial charge in [-0.25, -0.2) is 9.97 Å². The number of nitrogens with one attached hydrogen (secondary N) is 2. The number of anilines is 3. The smallest absolute Gasteiger partial charge is 0.153 e. The quantitative estimate of drug-likeness (QED) is 0.905. The van der Waals surface area contributed by atoms with Crippen LogP contribution in [-0.2, 0) is 12.5 Å². The molecule has 0 aliphatic carbocycles. The maximum absolute atomic E-state index is 4.68. The van der Waals surface area contributed by atoms with Gasteiger partial charge in [0.1, 0.15) is 17.5 Å². The first-order valence-corrected chi connectivity index (χ1v) is 7.21. The monoisotopic (exact) mass is 288 g/mol. The molecule has 0 saturated carbocycles. The lowest BCUT2D eigenvalue weighted by Crippen LogP contribution is -2.19. The highest BCUT2D eigenvalue weighted by Gasteiger charge is 2.21. The van der Waals surface area contributed by atoms with Gasteiger partial charge in [0.05, 0.1) is 0 Å². The molecule has 0 fully saturated rings. The van der Waals surface area contributed by atoms with Crippen molar-refractivity contribution >= 4 is 17.5 Å². The van der Waals surface area contributed by atoms with Crippen molar-refractivity contribution in [2.45, 2.75) is 40.0 Å². The molecule has 0 bridgehead atoms. The summed E-state index contributed by atoms with van der Waals surface area (Å²) in [5.41, 5.74) is 0.883. The Bertz CT molecular complexity index is 624. The average Bonchev–Trinajstić information content (AvgIpc) is 2.78. The molecule has 0 amide bonds. The molecule has 0 radical (unpaired) electrons. The van der Waals surface area contributed by atoms with Gasteiger partial charge < -0.3 is 10.6 Å². The van der Waals surface area contributed by atoms with Crippen LogP contribution in [0.1, 0.15) is 39.1 Å². The highest BCUT2D eigenvalue weighted by atomic mass is 15.3. The van der Waals surface area contributed by atoms with Crippen LogP contribution in [0.2, 0.25) is 0 Å². The van der Waals surface area contributed by atoms with Crippen molar-refractivity contribution in [2.24, 2.45) is 7.05 Å². The SMILES string of the molecule is CCNc1nc(C(C)(C)C)nc(Nc2ccn(C)n2)c1C. The van der Waals surface area contributed by atoms with Gasteiger partial charge in [-0.05, 0) is 13.8 Å². The number of hydrogen-bond acceptors (Lipinski definition) is 5. The second kappa shape index (κ2) is 5.71. The van der Waals surface area contributed by atoms with E-state index in [0.717, 1.165) is 35.4 Å². The molecule has 2 heterocycles. The van der Waals surface area contributed by atoms with Gasteiger partial charge in [-0.2, -0.15) is 5.10 Å². The zero-order valence-corrected chi connectivity index (χ0v) is 13.7. The van der Waals surface area contributed by atoms with E-state index in [1.165, 1.54) is 0 Å². The first-order valence-electron chi connectivity index (χ1n) is 7.21. The van der Waals surface area contributed by atoms with Crippen LogP contribution in [0.3, 0.4) is 0 Å². The summed E-state index contributed by atoms with van der Waals surface area (Å²) in [5, 5.41) is 10.9. The fourth-order valence-corrected chi connectivity index (χ4v) is 1.92. The Labute approximate surface area is 126 Å². The lowest BCUT2D eigenvalue weighted by atomic mass is 9.95. The van der Waals surface area contributed by atoms with Crippen LogP contribution in [0.5, 0.6) is 0 Å². The van der Waals surface area contributed by atoms with Gasteiger partial charge in [0.15, 0.2) is 5.82 Å². The zero-order chi connectivity index (χ0) is 15.6. The fraction of sp³-hybridized carbons (Fsp3) is 0.533. The third kappa shape index (κ3) is 3.51. The van der Waals surface area contributed by atoms with E-state index in [4.69, 9.17) is 0 Å². The molecule has 0 saturated heterocycles. The molecule has 2 aromatic heterocycles. The predicted molar refractivity (Wildman–Crippen MR) is 86.1 cm³/mol. The third-order valence-corrected chi connectivity index (χ3v) is 3.12. The van der Waals surface area contributed by atoms with E-state index in [-0.39, 0.29) is 5.41 Å². The fourth-order valence-electron chi connectivity index (χ4n) is 1.92. The van der Waals surface area contributed by atoms with E-state index in [1.54, 1.807) is 4.68 Å². The number of nitrogens with zero attached hydrogens (tertiary/aromatic N) is 4. The highest BCUT2D eigenvalue weighted by Crippen LogP contribution is 2.27. The summed E-state index contributed by atoms with van der Waals surface area (Å²) in [6, 6.07) is 1.92. The van der Waals surface area contributed by atoms with Crippen molar-refractivity contribution in [3.05, 3.63) is 23.7 Å². The van der Waals surface area contributed by atoms with Gasteiger partial charge in [0.2, 0.25) is 0 Å². The summed E-state index contributed by atoms with van der Waals surface area (Å²) in [6.45, 7) is 11.2. The van der Waals surface area contributed by atoms with Crippen molar-refractivity contribution in [3.63, 3.8) is 0 Å². The van der Waals surface area contributed by atoms with Gasteiger partial charge in [-0.1, -0.05) is 20.8 Å². The van der Waals surface area contributed by atoms with Gasteiger partial charge in [0.25, 0.3) is 0 Å². The zero-order valence-electron chi connectivity index (χ0n) is 13.7. The second-order valence-electron chi connectivity index (χ2n) is 6.15. The first kappa shape index (κ1) is 15.3. The molecule has 6 nitrogen and oxygen atoms in total. The van der Waals surface area contributed by atoms with Crippen molar-refractivity contribution in [1.82, 2.24) is 19.7 Å². The van der Waals surface area contributed by atoms with E-state index < -0.39 is 0 Å². The molecule has 0 unspecified atom stereocenters. The summed E-state index contributed by atoms with van der Waals surface area (Å²) < 4.78 is 1.76. The molecule has 0 spiro atoms. The summed E-state index contributed by atoms with van der Waals surface area (Å²) in [4.78, 5) is 9.33. The van der Waals surface area contributed by atoms with Gasteiger partial charge in [-0.15, -0.1) is 0 Å². The number of rotatable bonds is 4. The van der Waals surface area contributed by atoms with Crippen molar-refractivity contribution < 1.29 is 0 Å². The molecule has 0 aliphatic heterocycles. The van der Waals surface area contributed by atoms with Gasteiger partial charge in [0, 0.05) is 36.8 Å². The first-order chi connectivity index (χ1) is 9.81. The minimum atomic E-state index is -0.113. The Morgan fingerprint density at radius 1 is 1.19 bits per heavy atom. The molecule has 114 valence electrons. The van der Waals surface area contributed by atoms with Crippen molar-refractivity contribution in [1.29, 1.82) is 0 Å². The minimum Gasteiger partial charge on any atom is -0.370 e. The van der Waals surface area contributed by atoms with Crippen molar-refractivity contribution in [2.75, 3.05) is 17.2 Å². The van der Waals surface area contributed by atoms with Crippen LogP contribution >= 0.6 is 0 Å². The Morgan fingerprint density at radius 3 is 2.38 bits per heavy atom. The molecule has 0 aromatic carbocycles. The number of hydrogen-bond donors (Lipinski definition) is 2. The molecular formula is C15H24N6. The normalized spacial score (nSPS) is 11.5. The van der Waals surface area contributed by atoms with E-state index >= 15 is 0 Å². The van der Waals surface area contributed by atoms with Crippen LogP contribution in [0.4, 0.5) is 17.5 Å². The van der Waals surface area contributed by atoms with E-state index in [1.807, 2.05) is 26.2 Å². The Kier molecular flexibility index (Phi) is 4.16. The van der Waals surface area contributed by atoms with Crippen LogP contribution < -0.4 is 10.6 Å². The summed E-state index contributed by atoms with van der Waals surface area (Å²) in [7, 11) is 1.89. The predicted octanol–water partition coefficient (Wildman–Crippen LogP) is 2.99. The number of aromatic nitrogens is 4. The summed E-state index contributed by atoms with van der Waals surface area (Å²) in [6.07, 6.45) is 1.90. The van der Waals surface area contributed by atoms with Crippen molar-refractivity contribution in [3.8, 4) is 0 Å². The third-order valence-electron chi connectivity index (χ3n) is 3.12. The second-order valence-corrected chi connectivity index (χ2v) is 6.15. The summed E-state index contributed by atoms with van der Waals surface area (Å²) in [5.74, 6) is 3.25. The van der Waals surface area contributed by atoms with Crippen LogP contribution in [0.25, 0.3) is 0 Å². The molecule has 2 rings (SSSR count). The maximum Gasteiger partial charge on any atom is 0.153 e. The van der Waals surface area contributed by atoms with Crippen LogP contribution in [0.15, 0.2) is 12.3 Å². The lowest BCUT2D eigenvalue weighted by Gasteiger charge is -2.20. The Morgan fingerprint density at radius 2 is 1.86 bits per heavy atom. The van der Waals surface area contributed by atoms with Gasteiger partial charge in [-0.3, -0.25) is 4.68 Å². The van der Waals surface area contributed by atoms with E-state index in [0.29, 0.717) is 0 Å². The largest absolute Gasteiger partial charge is 0.370 e. The molecule has 0 aliphatic rings. The van der Waals surface area contributed by atoms with E-state index in [9.17, 15) is 0 Å². The lowest BCUT2D eigenvalue weighted by molar-refractivity contribution is 0.546. The highest BCUT2D eigenvalue weighted by molar-refractivity contribution is 5.62. The Hall–Kier alpha value is -2.11. The standard InChI is InChI=1S/C15H24N6/c1-7-16-12-10(2)13(17-11-8-9-21(6)20-11)19-14(18-12)15(3,4)5/h8-9H,7H2,1-6H3,(H2,16,17,18,19,20). The Balaban J connectivity index is 2.45. The molecule has 21 heavy (non-hydrogen) atoms. The topological polar surface area (TPSA) is 67.7 Å². The average molecular weight is 288 g/mol. The summed E-state index contributed by atoms with van der Waals surface area (Å²) >= 11 is 0. The van der Waals surface area contributed by atoms with E-state index in [2.05, 4.69) is 53.4 Å².